The van der Waals surface area contributed by atoms with Crippen molar-refractivity contribution in [2.45, 2.75) is 40.3 Å². The number of hydrogen-bond donors (Lipinski definition) is 0. The maximum Gasteiger partial charge on any atom is 0.338 e. The van der Waals surface area contributed by atoms with Gasteiger partial charge in [-0.1, -0.05) is 17.3 Å². The third kappa shape index (κ3) is 3.93. The molecule has 0 amide bonds. The average molecular weight is 340 g/mol. The Hall–Kier alpha value is -2.96. The number of rotatable bonds is 5. The summed E-state index contributed by atoms with van der Waals surface area (Å²) in [6.07, 6.45) is -0.594. The summed E-state index contributed by atoms with van der Waals surface area (Å²) in [5, 5.41) is 8.13. The lowest BCUT2D eigenvalue weighted by molar-refractivity contribution is 0.0265. The molecule has 1 aromatic carbocycles. The van der Waals surface area contributed by atoms with Gasteiger partial charge in [0.15, 0.2) is 11.9 Å². The van der Waals surface area contributed by atoms with Crippen molar-refractivity contribution in [3.05, 3.63) is 64.6 Å². The second-order valence-electron chi connectivity index (χ2n) is 6.01. The van der Waals surface area contributed by atoms with Gasteiger partial charge in [0, 0.05) is 5.69 Å². The van der Waals surface area contributed by atoms with Crippen LogP contribution in [0.4, 0.5) is 0 Å². The van der Waals surface area contributed by atoms with Gasteiger partial charge in [-0.15, -0.1) is 0 Å². The third-order valence-corrected chi connectivity index (χ3v) is 3.80. The molecule has 0 aliphatic heterocycles. The molecule has 2 aromatic heterocycles. The number of benzene rings is 1. The number of nitrogens with zero attached hydrogens (tertiary/aromatic N) is 4. The molecule has 7 heteroatoms. The molecule has 0 unspecified atom stereocenters. The first-order valence-electron chi connectivity index (χ1n) is 8.03. The largest absolute Gasteiger partial charge is 0.449 e. The van der Waals surface area contributed by atoms with Gasteiger partial charge in [0.1, 0.15) is 0 Å². The van der Waals surface area contributed by atoms with Crippen LogP contribution in [0.1, 0.15) is 52.1 Å². The van der Waals surface area contributed by atoms with Crippen molar-refractivity contribution in [2.75, 3.05) is 0 Å². The van der Waals surface area contributed by atoms with E-state index >= 15 is 0 Å². The van der Waals surface area contributed by atoms with Crippen LogP contribution in [0.3, 0.4) is 0 Å². The van der Waals surface area contributed by atoms with Gasteiger partial charge >= 0.3 is 5.97 Å². The smallest absolute Gasteiger partial charge is 0.338 e. The Balaban J connectivity index is 1.65. The summed E-state index contributed by atoms with van der Waals surface area (Å²) in [6, 6.07) is 9.32. The van der Waals surface area contributed by atoms with Crippen LogP contribution < -0.4 is 0 Å². The van der Waals surface area contributed by atoms with E-state index in [0.29, 0.717) is 17.9 Å². The fourth-order valence-corrected chi connectivity index (χ4v) is 2.51. The van der Waals surface area contributed by atoms with Crippen LogP contribution in [0.25, 0.3) is 0 Å². The van der Waals surface area contributed by atoms with Gasteiger partial charge in [-0.05, 0) is 51.5 Å². The zero-order valence-electron chi connectivity index (χ0n) is 14.7. The van der Waals surface area contributed by atoms with E-state index in [1.807, 2.05) is 36.7 Å². The summed E-state index contributed by atoms with van der Waals surface area (Å²) >= 11 is 0. The van der Waals surface area contributed by atoms with E-state index in [2.05, 4.69) is 15.2 Å². The molecule has 130 valence electrons. The second kappa shape index (κ2) is 6.88. The summed E-state index contributed by atoms with van der Waals surface area (Å²) in [5.41, 5.74) is 3.62. The minimum absolute atomic E-state index is 0.284. The molecule has 0 radical (unpaired) electrons. The molecule has 25 heavy (non-hydrogen) atoms. The summed E-state index contributed by atoms with van der Waals surface area (Å²) in [6.45, 7) is 8.05. The minimum atomic E-state index is -0.594. The maximum atomic E-state index is 12.2. The Labute approximate surface area is 145 Å². The topological polar surface area (TPSA) is 83.0 Å². The van der Waals surface area contributed by atoms with E-state index in [4.69, 9.17) is 9.26 Å². The maximum absolute atomic E-state index is 12.2. The molecule has 3 aromatic rings. The van der Waals surface area contributed by atoms with Crippen molar-refractivity contribution < 1.29 is 14.1 Å². The van der Waals surface area contributed by atoms with Gasteiger partial charge in [-0.2, -0.15) is 10.1 Å². The Morgan fingerprint density at radius 2 is 1.96 bits per heavy atom. The molecule has 1 atom stereocenters. The van der Waals surface area contributed by atoms with Crippen LogP contribution in [-0.2, 0) is 11.3 Å². The molecule has 0 fully saturated rings. The second-order valence-corrected chi connectivity index (χ2v) is 6.01. The molecule has 7 nitrogen and oxygen atoms in total. The third-order valence-electron chi connectivity index (χ3n) is 3.80. The van der Waals surface area contributed by atoms with Crippen LogP contribution in [0, 0.1) is 20.8 Å². The van der Waals surface area contributed by atoms with E-state index in [0.717, 1.165) is 17.0 Å². The van der Waals surface area contributed by atoms with E-state index < -0.39 is 12.1 Å². The Kier molecular flexibility index (Phi) is 4.65. The normalized spacial score (nSPS) is 12.2. The van der Waals surface area contributed by atoms with Gasteiger partial charge in [0.25, 0.3) is 5.89 Å². The van der Waals surface area contributed by atoms with Gasteiger partial charge in [0.05, 0.1) is 17.8 Å². The van der Waals surface area contributed by atoms with Crippen LogP contribution >= 0.6 is 0 Å². The van der Waals surface area contributed by atoms with Crippen molar-refractivity contribution in [1.29, 1.82) is 0 Å². The molecule has 0 saturated heterocycles. The summed E-state index contributed by atoms with van der Waals surface area (Å²) in [4.78, 5) is 16.3. The number of carbonyl (C=O) groups excluding carboxylic acids is 1. The predicted molar refractivity (Wildman–Crippen MR) is 90.1 cm³/mol. The van der Waals surface area contributed by atoms with Gasteiger partial charge < -0.3 is 9.26 Å². The highest BCUT2D eigenvalue weighted by molar-refractivity contribution is 5.89. The monoisotopic (exact) mass is 340 g/mol. The van der Waals surface area contributed by atoms with Gasteiger partial charge in [0.2, 0.25) is 0 Å². The Morgan fingerprint density at radius 3 is 2.52 bits per heavy atom. The molecular formula is C18H20N4O3. The van der Waals surface area contributed by atoms with E-state index in [9.17, 15) is 4.79 Å². The van der Waals surface area contributed by atoms with Crippen molar-refractivity contribution in [3.8, 4) is 0 Å². The van der Waals surface area contributed by atoms with Crippen LogP contribution in [-0.4, -0.2) is 25.9 Å². The quantitative estimate of drug-likeness (QED) is 0.664. The molecule has 2 heterocycles. The number of ether oxygens (including phenoxy) is 1. The van der Waals surface area contributed by atoms with Crippen molar-refractivity contribution in [2.24, 2.45) is 0 Å². The van der Waals surface area contributed by atoms with E-state index in [-0.39, 0.29) is 5.89 Å². The molecular weight excluding hydrogens is 320 g/mol. The van der Waals surface area contributed by atoms with Gasteiger partial charge in [-0.25, -0.2) is 4.79 Å². The number of hydrogen-bond acceptors (Lipinski definition) is 6. The first-order valence-corrected chi connectivity index (χ1v) is 8.03. The lowest BCUT2D eigenvalue weighted by Gasteiger charge is -2.10. The summed E-state index contributed by atoms with van der Waals surface area (Å²) in [5.74, 6) is 0.361. The number of carbonyl (C=O) groups is 1. The molecule has 3 rings (SSSR count). The molecule has 0 spiro atoms. The van der Waals surface area contributed by atoms with Crippen LogP contribution in [0.5, 0.6) is 0 Å². The standard InChI is InChI=1S/C18H20N4O3/c1-11-9-12(2)22(20-11)10-15-5-7-16(8-6-15)18(23)24-13(3)17-19-14(4)21-25-17/h5-9,13H,10H2,1-4H3/t13-/m0/s1. The predicted octanol–water partition coefficient (Wildman–Crippen LogP) is 3.16. The van der Waals surface area contributed by atoms with E-state index in [1.54, 1.807) is 26.0 Å². The first kappa shape index (κ1) is 16.9. The molecule has 0 saturated carbocycles. The SMILES string of the molecule is Cc1cc(C)n(Cc2ccc(C(=O)O[C@@H](C)c3nc(C)no3)cc2)n1. The summed E-state index contributed by atoms with van der Waals surface area (Å²) in [7, 11) is 0. The van der Waals surface area contributed by atoms with Crippen molar-refractivity contribution in [3.63, 3.8) is 0 Å². The molecule has 0 bridgehead atoms. The van der Waals surface area contributed by atoms with Crippen molar-refractivity contribution in [1.82, 2.24) is 19.9 Å². The highest BCUT2D eigenvalue weighted by Crippen LogP contribution is 2.17. The zero-order chi connectivity index (χ0) is 18.0. The van der Waals surface area contributed by atoms with Crippen molar-refractivity contribution >= 4 is 5.97 Å². The lowest BCUT2D eigenvalue weighted by Crippen LogP contribution is -2.10. The molecule has 0 aliphatic carbocycles. The number of esters is 1. The zero-order valence-corrected chi connectivity index (χ0v) is 14.7. The summed E-state index contributed by atoms with van der Waals surface area (Å²) < 4.78 is 12.3. The Morgan fingerprint density at radius 1 is 1.24 bits per heavy atom. The number of aryl methyl sites for hydroxylation is 3. The van der Waals surface area contributed by atoms with E-state index in [1.165, 1.54) is 0 Å². The Bertz CT molecular complexity index is 880. The first-order chi connectivity index (χ1) is 11.9. The minimum Gasteiger partial charge on any atom is -0.449 e. The average Bonchev–Trinajstić information content (AvgIpc) is 3.13. The highest BCUT2D eigenvalue weighted by atomic mass is 16.6. The fourth-order valence-electron chi connectivity index (χ4n) is 2.51. The highest BCUT2D eigenvalue weighted by Gasteiger charge is 2.18. The molecule has 0 N–H and O–H groups in total. The van der Waals surface area contributed by atoms with Gasteiger partial charge in [-0.3, -0.25) is 4.68 Å². The van der Waals surface area contributed by atoms with Crippen LogP contribution in [0.15, 0.2) is 34.9 Å². The molecule has 0 aliphatic rings. The fraction of sp³-hybridized carbons (Fsp3) is 0.333. The lowest BCUT2D eigenvalue weighted by atomic mass is 10.1. The number of aromatic nitrogens is 4. The van der Waals surface area contributed by atoms with Crippen LogP contribution in [0.2, 0.25) is 0 Å².